The molecule has 1 heterocycles. The Morgan fingerprint density at radius 3 is 2.09 bits per heavy atom. The molecule has 5 aromatic rings. The van der Waals surface area contributed by atoms with Crippen molar-refractivity contribution in [1.29, 1.82) is 0 Å². The quantitative estimate of drug-likeness (QED) is 0.287. The van der Waals surface area contributed by atoms with Crippen LogP contribution >= 0.6 is 0 Å². The topological polar surface area (TPSA) is 4.93 Å². The summed E-state index contributed by atoms with van der Waals surface area (Å²) in [5, 5.41) is 3.78. The van der Waals surface area contributed by atoms with Crippen molar-refractivity contribution >= 4 is 22.0 Å². The molecule has 0 atom stereocenters. The van der Waals surface area contributed by atoms with Crippen LogP contribution in [0.3, 0.4) is 0 Å². The fraction of sp³-hybridized carbons (Fsp3) is 0.0588. The first-order valence-electron chi connectivity index (χ1n) is 12.2. The number of rotatable bonds is 3. The van der Waals surface area contributed by atoms with Crippen LogP contribution in [-0.2, 0) is 7.05 Å². The van der Waals surface area contributed by atoms with Gasteiger partial charge >= 0.3 is 0 Å². The molecule has 6 rings (SSSR count). The minimum absolute atomic E-state index is 0.979. The molecule has 0 N–H and O–H groups in total. The Morgan fingerprint density at radius 1 is 0.686 bits per heavy atom. The van der Waals surface area contributed by atoms with Crippen molar-refractivity contribution in [1.82, 2.24) is 4.57 Å². The largest absolute Gasteiger partial charge is 0.343 e. The van der Waals surface area contributed by atoms with Crippen LogP contribution in [0.4, 0.5) is 0 Å². The van der Waals surface area contributed by atoms with E-state index in [0.717, 1.165) is 6.42 Å². The molecule has 0 aliphatic heterocycles. The molecule has 0 fully saturated rings. The second-order valence-corrected chi connectivity index (χ2v) is 9.00. The lowest BCUT2D eigenvalue weighted by molar-refractivity contribution is 0.976. The number of hydrogen-bond acceptors (Lipinski definition) is 0. The van der Waals surface area contributed by atoms with E-state index in [4.69, 9.17) is 0 Å². The van der Waals surface area contributed by atoms with E-state index < -0.39 is 0 Å². The van der Waals surface area contributed by atoms with Crippen LogP contribution in [0, 0.1) is 0 Å². The summed E-state index contributed by atoms with van der Waals surface area (Å²) < 4.78 is 2.34. The van der Waals surface area contributed by atoms with Gasteiger partial charge in [-0.1, -0.05) is 127 Å². The Labute approximate surface area is 206 Å². The van der Waals surface area contributed by atoms with Crippen LogP contribution in [0.25, 0.3) is 33.3 Å². The fourth-order valence-electron chi connectivity index (χ4n) is 5.22. The molecule has 1 aromatic heterocycles. The molecule has 35 heavy (non-hydrogen) atoms. The van der Waals surface area contributed by atoms with Gasteiger partial charge in [0.1, 0.15) is 0 Å². The molecule has 1 aliphatic rings. The van der Waals surface area contributed by atoms with Gasteiger partial charge < -0.3 is 4.57 Å². The molecule has 0 saturated heterocycles. The molecule has 0 saturated carbocycles. The molecule has 1 aliphatic carbocycles. The van der Waals surface area contributed by atoms with E-state index in [1.54, 1.807) is 0 Å². The smallest absolute Gasteiger partial charge is 0.0568 e. The summed E-state index contributed by atoms with van der Waals surface area (Å²) in [4.78, 5) is 0. The Hall–Kier alpha value is -4.36. The number of allylic oxidation sites excluding steroid dienone is 4. The molecule has 0 spiro atoms. The maximum Gasteiger partial charge on any atom is 0.0568 e. The van der Waals surface area contributed by atoms with Gasteiger partial charge in [0, 0.05) is 23.5 Å². The summed E-state index contributed by atoms with van der Waals surface area (Å²) in [6, 6.07) is 39.4. The highest BCUT2D eigenvalue weighted by Crippen LogP contribution is 2.39. The van der Waals surface area contributed by atoms with E-state index in [1.807, 2.05) is 0 Å². The number of nitrogens with zero attached hydrogens (tertiary/aromatic N) is 1. The molecule has 168 valence electrons. The summed E-state index contributed by atoms with van der Waals surface area (Å²) in [6.45, 7) is 0. The van der Waals surface area contributed by atoms with Gasteiger partial charge in [0.25, 0.3) is 0 Å². The van der Waals surface area contributed by atoms with Crippen LogP contribution in [0.5, 0.6) is 0 Å². The normalized spacial score (nSPS) is 12.9. The van der Waals surface area contributed by atoms with Crippen molar-refractivity contribution < 1.29 is 0 Å². The molecule has 0 bridgehead atoms. The molecule has 4 aromatic carbocycles. The molecule has 0 amide bonds. The summed E-state index contributed by atoms with van der Waals surface area (Å²) in [5.41, 5.74) is 8.82. The van der Waals surface area contributed by atoms with E-state index in [0.29, 0.717) is 0 Å². The zero-order chi connectivity index (χ0) is 23.6. The monoisotopic (exact) mass is 449 g/mol. The molecule has 0 unspecified atom stereocenters. The van der Waals surface area contributed by atoms with Gasteiger partial charge in [-0.3, -0.25) is 0 Å². The number of aromatic nitrogens is 1. The molecule has 0 radical (unpaired) electrons. The number of benzene rings is 4. The summed E-state index contributed by atoms with van der Waals surface area (Å²) in [7, 11) is 2.18. The third-order valence-electron chi connectivity index (χ3n) is 6.89. The zero-order valence-electron chi connectivity index (χ0n) is 19.9. The van der Waals surface area contributed by atoms with E-state index in [9.17, 15) is 0 Å². The van der Waals surface area contributed by atoms with Gasteiger partial charge in [-0.05, 0) is 45.2 Å². The average Bonchev–Trinajstić information content (AvgIpc) is 3.23. The van der Waals surface area contributed by atoms with Gasteiger partial charge in [-0.25, -0.2) is 0 Å². The van der Waals surface area contributed by atoms with E-state index >= 15 is 0 Å². The lowest BCUT2D eigenvalue weighted by atomic mass is 9.91. The highest BCUT2D eigenvalue weighted by molar-refractivity contribution is 6.04. The molecular formula is C34H27N. The van der Waals surface area contributed by atoms with Crippen molar-refractivity contribution in [3.63, 3.8) is 0 Å². The Kier molecular flexibility index (Phi) is 5.52. The number of hydrogen-bond donors (Lipinski definition) is 0. The van der Waals surface area contributed by atoms with E-state index in [-0.39, 0.29) is 0 Å². The highest BCUT2D eigenvalue weighted by atomic mass is 15.0. The third-order valence-corrected chi connectivity index (χ3v) is 6.89. The van der Waals surface area contributed by atoms with Crippen molar-refractivity contribution in [2.24, 2.45) is 7.05 Å². The molecule has 1 heteroatoms. The van der Waals surface area contributed by atoms with Crippen LogP contribution in [0.1, 0.15) is 17.5 Å². The highest BCUT2D eigenvalue weighted by Gasteiger charge is 2.21. The van der Waals surface area contributed by atoms with Gasteiger partial charge in [0.05, 0.1) is 5.69 Å². The third kappa shape index (κ3) is 3.86. The Morgan fingerprint density at radius 2 is 1.37 bits per heavy atom. The first kappa shape index (κ1) is 21.2. The van der Waals surface area contributed by atoms with Crippen molar-refractivity contribution in [2.75, 3.05) is 0 Å². The van der Waals surface area contributed by atoms with Gasteiger partial charge in [-0.2, -0.15) is 0 Å². The van der Waals surface area contributed by atoms with Crippen molar-refractivity contribution in [3.05, 3.63) is 155 Å². The lowest BCUT2D eigenvalue weighted by Crippen LogP contribution is -2.14. The SMILES string of the molecule is Cn1c(-c2ccccc2)c(C(c2ccccc2)=c2ccc(=C3C=CC=CC3)cc2)c2ccccc21. The molecular weight excluding hydrogens is 422 g/mol. The number of para-hydroxylation sites is 1. The van der Waals surface area contributed by atoms with Gasteiger partial charge in [0.15, 0.2) is 0 Å². The van der Waals surface area contributed by atoms with Crippen LogP contribution in [0.2, 0.25) is 0 Å². The maximum atomic E-state index is 2.34. The number of fused-ring (bicyclic) bond motifs is 1. The lowest BCUT2D eigenvalue weighted by Gasteiger charge is -2.13. The zero-order valence-corrected chi connectivity index (χ0v) is 19.9. The van der Waals surface area contributed by atoms with E-state index in [1.165, 1.54) is 54.9 Å². The van der Waals surface area contributed by atoms with Crippen molar-refractivity contribution in [3.8, 4) is 11.3 Å². The van der Waals surface area contributed by atoms with Gasteiger partial charge in [-0.15, -0.1) is 0 Å². The maximum absolute atomic E-state index is 2.34. The minimum atomic E-state index is 0.979. The van der Waals surface area contributed by atoms with Gasteiger partial charge in [0.2, 0.25) is 0 Å². The fourth-order valence-corrected chi connectivity index (χ4v) is 5.22. The van der Waals surface area contributed by atoms with Crippen LogP contribution < -0.4 is 10.4 Å². The Balaban J connectivity index is 1.72. The van der Waals surface area contributed by atoms with Crippen LogP contribution in [-0.4, -0.2) is 4.57 Å². The summed E-state index contributed by atoms with van der Waals surface area (Å²) >= 11 is 0. The predicted octanol–water partition coefficient (Wildman–Crippen LogP) is 6.76. The summed E-state index contributed by atoms with van der Waals surface area (Å²) in [6.07, 6.45) is 9.65. The summed E-state index contributed by atoms with van der Waals surface area (Å²) in [5.74, 6) is 0. The van der Waals surface area contributed by atoms with Crippen molar-refractivity contribution in [2.45, 2.75) is 6.42 Å². The second-order valence-electron chi connectivity index (χ2n) is 9.00. The predicted molar refractivity (Wildman–Crippen MR) is 148 cm³/mol. The average molecular weight is 450 g/mol. The first-order valence-corrected chi connectivity index (χ1v) is 12.2. The second kappa shape index (κ2) is 9.12. The van der Waals surface area contributed by atoms with E-state index in [2.05, 4.69) is 145 Å². The molecule has 1 nitrogen and oxygen atoms in total. The number of aryl methyl sites for hydroxylation is 1. The van der Waals surface area contributed by atoms with Crippen LogP contribution in [0.15, 0.2) is 133 Å². The first-order chi connectivity index (χ1) is 17.3. The minimum Gasteiger partial charge on any atom is -0.343 e. The Bertz CT molecular complexity index is 1670. The standard InChI is InChI=1S/C34H27N/c1-35-31-20-12-11-19-30(31)33(34(35)29-17-9-4-10-18-29)32(27-15-7-3-8-16-27)28-23-21-26(22-24-28)25-13-5-2-6-14-25/h2-13,15-24H,14H2,1H3.